The van der Waals surface area contributed by atoms with Gasteiger partial charge in [0.1, 0.15) is 11.9 Å². The van der Waals surface area contributed by atoms with Crippen molar-refractivity contribution < 1.29 is 13.9 Å². The van der Waals surface area contributed by atoms with E-state index in [1.165, 1.54) is 24.3 Å². The third-order valence-corrected chi connectivity index (χ3v) is 2.71. The summed E-state index contributed by atoms with van der Waals surface area (Å²) in [7, 11) is 0. The molecule has 1 fully saturated rings. The molecule has 1 aromatic rings. The summed E-state index contributed by atoms with van der Waals surface area (Å²) in [4.78, 5) is 11.9. The van der Waals surface area contributed by atoms with Gasteiger partial charge in [0, 0.05) is 12.2 Å². The molecule has 0 saturated carbocycles. The van der Waals surface area contributed by atoms with Crippen molar-refractivity contribution >= 4 is 24.0 Å². The Morgan fingerprint density at radius 2 is 2.11 bits per heavy atom. The van der Waals surface area contributed by atoms with Crippen LogP contribution >= 0.6 is 12.4 Å². The second-order valence-corrected chi connectivity index (χ2v) is 4.00. The molecule has 1 aromatic carbocycles. The maximum atomic E-state index is 12.7. The van der Waals surface area contributed by atoms with Crippen molar-refractivity contribution in [1.82, 2.24) is 5.32 Å². The first-order chi connectivity index (χ1) is 8.16. The van der Waals surface area contributed by atoms with Gasteiger partial charge in [0.2, 0.25) is 5.91 Å². The molecular formula is C12H16ClFN2O2. The summed E-state index contributed by atoms with van der Waals surface area (Å²) in [5.74, 6) is -0.487. The minimum absolute atomic E-state index is 0. The molecule has 4 nitrogen and oxygen atoms in total. The summed E-state index contributed by atoms with van der Waals surface area (Å²) < 4.78 is 18.1. The van der Waals surface area contributed by atoms with Gasteiger partial charge in [0.15, 0.2) is 0 Å². The number of amides is 1. The van der Waals surface area contributed by atoms with E-state index in [9.17, 15) is 9.18 Å². The fourth-order valence-corrected chi connectivity index (χ4v) is 1.78. The Balaban J connectivity index is 0.00000162. The quantitative estimate of drug-likeness (QED) is 0.861. The molecule has 0 spiro atoms. The van der Waals surface area contributed by atoms with E-state index in [1.807, 2.05) is 6.92 Å². The number of morpholine rings is 1. The molecular weight excluding hydrogens is 259 g/mol. The average Bonchev–Trinajstić information content (AvgIpc) is 2.32. The molecule has 2 atom stereocenters. The maximum Gasteiger partial charge on any atom is 0.244 e. The summed E-state index contributed by atoms with van der Waals surface area (Å²) in [6.07, 6.45) is -0.163. The Bertz CT molecular complexity index is 400. The molecule has 100 valence electrons. The van der Waals surface area contributed by atoms with Crippen molar-refractivity contribution in [2.75, 3.05) is 18.5 Å². The Morgan fingerprint density at radius 3 is 2.72 bits per heavy atom. The van der Waals surface area contributed by atoms with Crippen LogP contribution in [0.15, 0.2) is 24.3 Å². The van der Waals surface area contributed by atoms with Crippen LogP contribution in [0.4, 0.5) is 10.1 Å². The van der Waals surface area contributed by atoms with Crippen LogP contribution in [0.1, 0.15) is 6.92 Å². The average molecular weight is 275 g/mol. The van der Waals surface area contributed by atoms with Crippen molar-refractivity contribution in [3.05, 3.63) is 30.1 Å². The lowest BCUT2D eigenvalue weighted by atomic mass is 10.1. The van der Waals surface area contributed by atoms with Gasteiger partial charge >= 0.3 is 0 Å². The number of halogens is 2. The van der Waals surface area contributed by atoms with Crippen molar-refractivity contribution in [2.24, 2.45) is 0 Å². The van der Waals surface area contributed by atoms with Crippen LogP contribution in [0.2, 0.25) is 0 Å². The van der Waals surface area contributed by atoms with Gasteiger partial charge in [0.05, 0.1) is 12.7 Å². The first-order valence-electron chi connectivity index (χ1n) is 5.58. The highest BCUT2D eigenvalue weighted by molar-refractivity contribution is 5.95. The number of carbonyl (C=O) groups excluding carboxylic acids is 1. The lowest BCUT2D eigenvalue weighted by molar-refractivity contribution is -0.123. The first kappa shape index (κ1) is 14.9. The van der Waals surface area contributed by atoms with E-state index in [0.717, 1.165) is 0 Å². The van der Waals surface area contributed by atoms with Crippen LogP contribution in [-0.2, 0) is 9.53 Å². The molecule has 0 aliphatic carbocycles. The third kappa shape index (κ3) is 3.66. The normalized spacial score (nSPS) is 23.0. The summed E-state index contributed by atoms with van der Waals surface area (Å²) >= 11 is 0. The van der Waals surface area contributed by atoms with E-state index in [2.05, 4.69) is 10.6 Å². The fourth-order valence-electron chi connectivity index (χ4n) is 1.78. The zero-order valence-electron chi connectivity index (χ0n) is 9.98. The lowest BCUT2D eigenvalue weighted by Crippen LogP contribution is -2.53. The molecule has 0 unspecified atom stereocenters. The van der Waals surface area contributed by atoms with Gasteiger partial charge in [-0.3, -0.25) is 4.79 Å². The maximum absolute atomic E-state index is 12.7. The van der Waals surface area contributed by atoms with Crippen molar-refractivity contribution in [3.63, 3.8) is 0 Å². The fraction of sp³-hybridized carbons (Fsp3) is 0.417. The highest BCUT2D eigenvalue weighted by Crippen LogP contribution is 2.11. The number of carbonyl (C=O) groups is 1. The molecule has 1 saturated heterocycles. The van der Waals surface area contributed by atoms with E-state index in [1.54, 1.807) is 0 Å². The number of benzene rings is 1. The topological polar surface area (TPSA) is 50.4 Å². The van der Waals surface area contributed by atoms with Crippen LogP contribution in [0.3, 0.4) is 0 Å². The van der Waals surface area contributed by atoms with E-state index < -0.39 is 0 Å². The molecule has 0 radical (unpaired) electrons. The van der Waals surface area contributed by atoms with Crippen LogP contribution < -0.4 is 10.6 Å². The molecule has 2 rings (SSSR count). The summed E-state index contributed by atoms with van der Waals surface area (Å²) in [5, 5.41) is 5.81. The second kappa shape index (κ2) is 6.68. The molecule has 0 bridgehead atoms. The van der Waals surface area contributed by atoms with E-state index in [4.69, 9.17) is 4.74 Å². The largest absolute Gasteiger partial charge is 0.375 e. The first-order valence-corrected chi connectivity index (χ1v) is 5.58. The molecule has 1 aliphatic heterocycles. The van der Waals surface area contributed by atoms with Gasteiger partial charge in [-0.05, 0) is 31.2 Å². The van der Waals surface area contributed by atoms with Crippen molar-refractivity contribution in [1.29, 1.82) is 0 Å². The van der Waals surface area contributed by atoms with Gasteiger partial charge in [-0.1, -0.05) is 0 Å². The van der Waals surface area contributed by atoms with Crippen LogP contribution in [0, 0.1) is 5.82 Å². The lowest BCUT2D eigenvalue weighted by Gasteiger charge is -2.29. The van der Waals surface area contributed by atoms with Gasteiger partial charge in [-0.2, -0.15) is 0 Å². The Labute approximate surface area is 111 Å². The highest BCUT2D eigenvalue weighted by atomic mass is 35.5. The summed E-state index contributed by atoms with van der Waals surface area (Å²) in [6, 6.07) is 5.31. The number of hydrogen-bond donors (Lipinski definition) is 2. The Morgan fingerprint density at radius 1 is 1.44 bits per heavy atom. The Hall–Kier alpha value is -1.17. The predicted molar refractivity (Wildman–Crippen MR) is 69.5 cm³/mol. The smallest absolute Gasteiger partial charge is 0.244 e. The zero-order valence-corrected chi connectivity index (χ0v) is 10.8. The number of nitrogens with one attached hydrogen (secondary N) is 2. The minimum atomic E-state index is -0.367. The minimum Gasteiger partial charge on any atom is -0.375 e. The summed E-state index contributed by atoms with van der Waals surface area (Å²) in [6.45, 7) is 3.12. The molecule has 1 amide bonds. The number of anilines is 1. The van der Waals surface area contributed by atoms with Crippen LogP contribution in [-0.4, -0.2) is 31.2 Å². The van der Waals surface area contributed by atoms with Gasteiger partial charge < -0.3 is 15.4 Å². The van der Waals surface area contributed by atoms with Crippen molar-refractivity contribution in [2.45, 2.75) is 19.1 Å². The number of rotatable bonds is 2. The van der Waals surface area contributed by atoms with Gasteiger partial charge in [-0.25, -0.2) is 4.39 Å². The third-order valence-electron chi connectivity index (χ3n) is 2.71. The monoisotopic (exact) mass is 274 g/mol. The molecule has 1 aliphatic rings. The highest BCUT2D eigenvalue weighted by Gasteiger charge is 2.28. The molecule has 6 heteroatoms. The van der Waals surface area contributed by atoms with Gasteiger partial charge in [0.25, 0.3) is 0 Å². The Kier molecular flexibility index (Phi) is 5.53. The molecule has 2 N–H and O–H groups in total. The van der Waals surface area contributed by atoms with E-state index in [0.29, 0.717) is 18.8 Å². The van der Waals surface area contributed by atoms with E-state index >= 15 is 0 Å². The van der Waals surface area contributed by atoms with Crippen LogP contribution in [0.5, 0.6) is 0 Å². The predicted octanol–water partition coefficient (Wildman–Crippen LogP) is 1.56. The van der Waals surface area contributed by atoms with E-state index in [-0.39, 0.29) is 36.3 Å². The molecule has 1 heterocycles. The SMILES string of the molecule is C[C@H]1OCCN[C@@H]1C(=O)Nc1ccc(F)cc1.Cl. The van der Waals surface area contributed by atoms with Gasteiger partial charge in [-0.15, -0.1) is 12.4 Å². The number of hydrogen-bond acceptors (Lipinski definition) is 3. The summed E-state index contributed by atoms with van der Waals surface area (Å²) in [5.41, 5.74) is 0.580. The number of ether oxygens (including phenoxy) is 1. The standard InChI is InChI=1S/C12H15FN2O2.ClH/c1-8-11(14-6-7-17-8)12(16)15-10-4-2-9(13)3-5-10;/h2-5,8,11,14H,6-7H2,1H3,(H,15,16);1H/t8-,11+;/m1./s1. The molecule has 18 heavy (non-hydrogen) atoms. The second-order valence-electron chi connectivity index (χ2n) is 4.00. The zero-order chi connectivity index (χ0) is 12.3. The van der Waals surface area contributed by atoms with Crippen molar-refractivity contribution in [3.8, 4) is 0 Å². The van der Waals surface area contributed by atoms with Crippen LogP contribution in [0.25, 0.3) is 0 Å². The molecule has 0 aromatic heterocycles.